The molecule has 1 heterocycles. The standard InChI is InChI=1S/C19H15ClFN3O/c1-12-3-2-4-14(7-12)24-19(25)13-8-16(11-22-10-13)23-15-5-6-18(21)17(20)9-15/h2-11,23H,1H3,(H,24,25). The third-order valence-electron chi connectivity index (χ3n) is 3.48. The van der Waals surface area contributed by atoms with E-state index in [0.29, 0.717) is 22.6 Å². The van der Waals surface area contributed by atoms with E-state index in [1.807, 2.05) is 31.2 Å². The Morgan fingerprint density at radius 1 is 1.04 bits per heavy atom. The van der Waals surface area contributed by atoms with E-state index in [4.69, 9.17) is 11.6 Å². The summed E-state index contributed by atoms with van der Waals surface area (Å²) in [6.07, 6.45) is 3.05. The van der Waals surface area contributed by atoms with Crippen LogP contribution in [-0.2, 0) is 0 Å². The van der Waals surface area contributed by atoms with Gasteiger partial charge in [-0.25, -0.2) is 4.39 Å². The van der Waals surface area contributed by atoms with Crippen LogP contribution in [0.25, 0.3) is 0 Å². The lowest BCUT2D eigenvalue weighted by Gasteiger charge is -2.09. The summed E-state index contributed by atoms with van der Waals surface area (Å²) in [5, 5.41) is 5.90. The zero-order chi connectivity index (χ0) is 17.8. The van der Waals surface area contributed by atoms with Crippen LogP contribution in [0.15, 0.2) is 60.9 Å². The van der Waals surface area contributed by atoms with Gasteiger partial charge in [0.1, 0.15) is 5.82 Å². The number of nitrogens with zero attached hydrogens (tertiary/aromatic N) is 1. The highest BCUT2D eigenvalue weighted by atomic mass is 35.5. The highest BCUT2D eigenvalue weighted by molar-refractivity contribution is 6.31. The Balaban J connectivity index is 1.76. The first-order chi connectivity index (χ1) is 12.0. The molecule has 0 atom stereocenters. The molecular weight excluding hydrogens is 341 g/mol. The minimum absolute atomic E-state index is 0.0197. The first-order valence-electron chi connectivity index (χ1n) is 7.56. The number of hydrogen-bond donors (Lipinski definition) is 2. The van der Waals surface area contributed by atoms with Crippen molar-refractivity contribution in [3.8, 4) is 0 Å². The van der Waals surface area contributed by atoms with Gasteiger partial charge in [0, 0.05) is 17.6 Å². The van der Waals surface area contributed by atoms with Gasteiger partial charge in [0.15, 0.2) is 0 Å². The normalized spacial score (nSPS) is 10.4. The van der Waals surface area contributed by atoms with Gasteiger partial charge in [0.2, 0.25) is 0 Å². The number of pyridine rings is 1. The van der Waals surface area contributed by atoms with Crippen LogP contribution in [0.2, 0.25) is 5.02 Å². The second-order valence-corrected chi connectivity index (χ2v) is 5.95. The second kappa shape index (κ2) is 7.32. The average molecular weight is 356 g/mol. The molecule has 0 radical (unpaired) electrons. The lowest BCUT2D eigenvalue weighted by molar-refractivity contribution is 0.102. The number of carbonyl (C=O) groups excluding carboxylic acids is 1. The summed E-state index contributed by atoms with van der Waals surface area (Å²) < 4.78 is 13.2. The van der Waals surface area contributed by atoms with Crippen LogP contribution in [0, 0.1) is 12.7 Å². The van der Waals surface area contributed by atoms with Crippen LogP contribution in [0.3, 0.4) is 0 Å². The number of aromatic nitrogens is 1. The average Bonchev–Trinajstić information content (AvgIpc) is 2.58. The molecule has 1 amide bonds. The highest BCUT2D eigenvalue weighted by Crippen LogP contribution is 2.23. The fraction of sp³-hybridized carbons (Fsp3) is 0.0526. The monoisotopic (exact) mass is 355 g/mol. The Morgan fingerprint density at radius 3 is 2.64 bits per heavy atom. The summed E-state index contributed by atoms with van der Waals surface area (Å²) >= 11 is 5.77. The molecule has 0 spiro atoms. The topological polar surface area (TPSA) is 54.0 Å². The molecule has 0 saturated heterocycles. The van der Waals surface area contributed by atoms with Gasteiger partial charge in [0.05, 0.1) is 22.5 Å². The predicted octanol–water partition coefficient (Wildman–Crippen LogP) is 5.18. The van der Waals surface area contributed by atoms with Crippen molar-refractivity contribution in [3.05, 3.63) is 82.9 Å². The van der Waals surface area contributed by atoms with Crippen LogP contribution in [0.4, 0.5) is 21.5 Å². The Labute approximate surface area is 149 Å². The molecule has 126 valence electrons. The maximum atomic E-state index is 13.2. The van der Waals surface area contributed by atoms with Gasteiger partial charge >= 0.3 is 0 Å². The van der Waals surface area contributed by atoms with Crippen molar-refractivity contribution < 1.29 is 9.18 Å². The minimum atomic E-state index is -0.489. The molecule has 0 unspecified atom stereocenters. The summed E-state index contributed by atoms with van der Waals surface area (Å²) in [5.41, 5.74) is 3.37. The van der Waals surface area contributed by atoms with Crippen molar-refractivity contribution in [2.45, 2.75) is 6.92 Å². The number of amides is 1. The largest absolute Gasteiger partial charge is 0.354 e. The summed E-state index contributed by atoms with van der Waals surface area (Å²) in [7, 11) is 0. The zero-order valence-electron chi connectivity index (χ0n) is 13.4. The van der Waals surface area contributed by atoms with Crippen LogP contribution in [0.5, 0.6) is 0 Å². The lowest BCUT2D eigenvalue weighted by atomic mass is 10.2. The fourth-order valence-electron chi connectivity index (χ4n) is 2.30. The molecule has 0 aliphatic rings. The first-order valence-corrected chi connectivity index (χ1v) is 7.94. The SMILES string of the molecule is Cc1cccc(NC(=O)c2cncc(Nc3ccc(F)c(Cl)c3)c2)c1. The molecular formula is C19H15ClFN3O. The molecule has 0 fully saturated rings. The molecule has 3 aromatic rings. The third-order valence-corrected chi connectivity index (χ3v) is 3.77. The Hall–Kier alpha value is -2.92. The molecule has 25 heavy (non-hydrogen) atoms. The first kappa shape index (κ1) is 16.9. The number of aryl methyl sites for hydroxylation is 1. The van der Waals surface area contributed by atoms with Crippen molar-refractivity contribution in [1.82, 2.24) is 4.98 Å². The van der Waals surface area contributed by atoms with Gasteiger partial charge in [-0.1, -0.05) is 23.7 Å². The summed E-state index contributed by atoms with van der Waals surface area (Å²) in [5.74, 6) is -0.754. The lowest BCUT2D eigenvalue weighted by Crippen LogP contribution is -2.12. The van der Waals surface area contributed by atoms with E-state index in [-0.39, 0.29) is 10.9 Å². The van der Waals surface area contributed by atoms with E-state index in [0.717, 1.165) is 5.56 Å². The number of benzene rings is 2. The van der Waals surface area contributed by atoms with Gasteiger partial charge in [-0.05, 0) is 48.9 Å². The van der Waals surface area contributed by atoms with Crippen LogP contribution < -0.4 is 10.6 Å². The van der Waals surface area contributed by atoms with E-state index in [1.54, 1.807) is 18.3 Å². The Kier molecular flexibility index (Phi) is 4.95. The second-order valence-electron chi connectivity index (χ2n) is 5.54. The third kappa shape index (κ3) is 4.33. The van der Waals surface area contributed by atoms with Crippen molar-refractivity contribution in [2.24, 2.45) is 0 Å². The number of carbonyl (C=O) groups is 1. The minimum Gasteiger partial charge on any atom is -0.354 e. The number of nitrogens with one attached hydrogen (secondary N) is 2. The zero-order valence-corrected chi connectivity index (χ0v) is 14.1. The van der Waals surface area contributed by atoms with Gasteiger partial charge in [-0.2, -0.15) is 0 Å². The van der Waals surface area contributed by atoms with Gasteiger partial charge in [-0.15, -0.1) is 0 Å². The van der Waals surface area contributed by atoms with Gasteiger partial charge < -0.3 is 10.6 Å². The summed E-state index contributed by atoms with van der Waals surface area (Å²) in [4.78, 5) is 16.4. The van der Waals surface area contributed by atoms with Crippen molar-refractivity contribution in [3.63, 3.8) is 0 Å². The van der Waals surface area contributed by atoms with E-state index in [2.05, 4.69) is 15.6 Å². The van der Waals surface area contributed by atoms with Gasteiger partial charge in [0.25, 0.3) is 5.91 Å². The Morgan fingerprint density at radius 2 is 1.88 bits per heavy atom. The van der Waals surface area contributed by atoms with E-state index < -0.39 is 5.82 Å². The number of halogens is 2. The highest BCUT2D eigenvalue weighted by Gasteiger charge is 2.08. The van der Waals surface area contributed by atoms with E-state index in [9.17, 15) is 9.18 Å². The van der Waals surface area contributed by atoms with Crippen molar-refractivity contribution in [2.75, 3.05) is 10.6 Å². The Bertz CT molecular complexity index is 930. The maximum Gasteiger partial charge on any atom is 0.257 e. The molecule has 3 rings (SSSR count). The molecule has 0 bridgehead atoms. The summed E-state index contributed by atoms with van der Waals surface area (Å²) in [6, 6.07) is 13.5. The maximum absolute atomic E-state index is 13.2. The number of hydrogen-bond acceptors (Lipinski definition) is 3. The molecule has 4 nitrogen and oxygen atoms in total. The predicted molar refractivity (Wildman–Crippen MR) is 98.1 cm³/mol. The van der Waals surface area contributed by atoms with Crippen LogP contribution >= 0.6 is 11.6 Å². The smallest absolute Gasteiger partial charge is 0.257 e. The molecule has 2 N–H and O–H groups in total. The van der Waals surface area contributed by atoms with E-state index in [1.165, 1.54) is 18.3 Å². The quantitative estimate of drug-likeness (QED) is 0.678. The number of rotatable bonds is 4. The summed E-state index contributed by atoms with van der Waals surface area (Å²) in [6.45, 7) is 1.95. The molecule has 0 aliphatic carbocycles. The molecule has 0 aliphatic heterocycles. The molecule has 2 aromatic carbocycles. The number of anilines is 3. The fourth-order valence-corrected chi connectivity index (χ4v) is 2.48. The van der Waals surface area contributed by atoms with Crippen LogP contribution in [-0.4, -0.2) is 10.9 Å². The molecule has 1 aromatic heterocycles. The van der Waals surface area contributed by atoms with Crippen molar-refractivity contribution >= 4 is 34.6 Å². The molecule has 0 saturated carbocycles. The van der Waals surface area contributed by atoms with Gasteiger partial charge in [-0.3, -0.25) is 9.78 Å². The van der Waals surface area contributed by atoms with Crippen molar-refractivity contribution in [1.29, 1.82) is 0 Å². The molecule has 6 heteroatoms. The van der Waals surface area contributed by atoms with Crippen LogP contribution in [0.1, 0.15) is 15.9 Å². The van der Waals surface area contributed by atoms with E-state index >= 15 is 0 Å².